The van der Waals surface area contributed by atoms with Crippen molar-refractivity contribution in [3.63, 3.8) is 0 Å². The molecular weight excluding hydrogens is 345 g/mol. The van der Waals surface area contributed by atoms with Crippen LogP contribution >= 0.6 is 0 Å². The number of nitrogens with one attached hydrogen (secondary N) is 2. The Bertz CT molecular complexity index is 572. The second-order valence-electron chi connectivity index (χ2n) is 6.37. The molecule has 0 heterocycles. The molecule has 0 atom stereocenters. The number of aliphatic imine (C=N–C) groups is 1. The van der Waals surface area contributed by atoms with Gasteiger partial charge in [0.05, 0.1) is 0 Å². The summed E-state index contributed by atoms with van der Waals surface area (Å²) in [5.41, 5.74) is 0.0294. The zero-order valence-electron chi connectivity index (χ0n) is 16.0. The van der Waals surface area contributed by atoms with Crippen LogP contribution in [0.5, 0.6) is 5.75 Å². The molecular formula is C18H29F3N4O. The molecule has 0 bridgehead atoms. The predicted molar refractivity (Wildman–Crippen MR) is 98.2 cm³/mol. The van der Waals surface area contributed by atoms with Crippen molar-refractivity contribution < 1.29 is 17.9 Å². The van der Waals surface area contributed by atoms with Crippen molar-refractivity contribution in [1.82, 2.24) is 15.5 Å². The molecule has 0 radical (unpaired) electrons. The molecule has 8 heteroatoms. The lowest BCUT2D eigenvalue weighted by Gasteiger charge is -2.30. The Morgan fingerprint density at radius 1 is 1.15 bits per heavy atom. The van der Waals surface area contributed by atoms with E-state index in [1.165, 1.54) is 18.2 Å². The number of hydrogen-bond acceptors (Lipinski definition) is 3. The summed E-state index contributed by atoms with van der Waals surface area (Å²) in [5, 5.41) is 6.07. The summed E-state index contributed by atoms with van der Waals surface area (Å²) in [6, 6.07) is 4.68. The first-order valence-electron chi connectivity index (χ1n) is 8.68. The van der Waals surface area contributed by atoms with Gasteiger partial charge in [0, 0.05) is 44.3 Å². The lowest BCUT2D eigenvalue weighted by Crippen LogP contribution is -2.45. The second kappa shape index (κ2) is 10.9. The van der Waals surface area contributed by atoms with Crippen LogP contribution in [-0.2, 0) is 6.54 Å². The Hall–Kier alpha value is -1.96. The molecule has 0 aliphatic heterocycles. The van der Waals surface area contributed by atoms with Crippen LogP contribution in [0.2, 0.25) is 0 Å². The quantitative estimate of drug-likeness (QED) is 0.515. The van der Waals surface area contributed by atoms with Crippen molar-refractivity contribution in [3.05, 3.63) is 29.6 Å². The highest BCUT2D eigenvalue weighted by molar-refractivity contribution is 5.79. The Kier molecular flexibility index (Phi) is 9.26. The van der Waals surface area contributed by atoms with Crippen LogP contribution in [0.1, 0.15) is 33.3 Å². The van der Waals surface area contributed by atoms with Crippen molar-refractivity contribution in [3.8, 4) is 5.75 Å². The highest BCUT2D eigenvalue weighted by Crippen LogP contribution is 2.23. The third-order valence-corrected chi connectivity index (χ3v) is 3.94. The number of ether oxygens (including phenoxy) is 1. The van der Waals surface area contributed by atoms with E-state index >= 15 is 0 Å². The van der Waals surface area contributed by atoms with Gasteiger partial charge in [-0.05, 0) is 39.8 Å². The summed E-state index contributed by atoms with van der Waals surface area (Å²) in [6.07, 6.45) is 0. The minimum atomic E-state index is -3.01. The molecule has 0 aliphatic carbocycles. The lowest BCUT2D eigenvalue weighted by molar-refractivity contribution is -0.0506. The summed E-state index contributed by atoms with van der Waals surface area (Å²) < 4.78 is 43.3. The van der Waals surface area contributed by atoms with Crippen LogP contribution < -0.4 is 15.4 Å². The van der Waals surface area contributed by atoms with Gasteiger partial charge in [-0.1, -0.05) is 6.07 Å². The minimum Gasteiger partial charge on any atom is -0.434 e. The molecule has 1 aromatic rings. The van der Waals surface area contributed by atoms with E-state index in [0.717, 1.165) is 6.54 Å². The maximum atomic E-state index is 14.0. The van der Waals surface area contributed by atoms with Crippen LogP contribution in [0.15, 0.2) is 23.2 Å². The van der Waals surface area contributed by atoms with Gasteiger partial charge in [-0.15, -0.1) is 0 Å². The normalized spacial score (nSPS) is 12.4. The molecule has 0 aromatic heterocycles. The monoisotopic (exact) mass is 374 g/mol. The number of nitrogens with zero attached hydrogens (tertiary/aromatic N) is 2. The first kappa shape index (κ1) is 22.1. The average molecular weight is 374 g/mol. The molecule has 0 fully saturated rings. The molecule has 0 saturated heterocycles. The zero-order chi connectivity index (χ0) is 19.7. The van der Waals surface area contributed by atoms with Gasteiger partial charge >= 0.3 is 6.61 Å². The van der Waals surface area contributed by atoms with Crippen molar-refractivity contribution in [1.29, 1.82) is 0 Å². The van der Waals surface area contributed by atoms with Gasteiger partial charge in [0.1, 0.15) is 11.6 Å². The summed E-state index contributed by atoms with van der Waals surface area (Å²) in [6.45, 7) is 6.97. The predicted octanol–water partition coefficient (Wildman–Crippen LogP) is 3.21. The van der Waals surface area contributed by atoms with Gasteiger partial charge in [0.15, 0.2) is 5.96 Å². The summed E-state index contributed by atoms with van der Waals surface area (Å²) in [5.74, 6) is -0.339. The van der Waals surface area contributed by atoms with Crippen molar-refractivity contribution >= 4 is 5.96 Å². The molecule has 5 nitrogen and oxygen atoms in total. The summed E-state index contributed by atoms with van der Waals surface area (Å²) in [4.78, 5) is 6.40. The molecule has 1 aromatic carbocycles. The van der Waals surface area contributed by atoms with Gasteiger partial charge in [0.2, 0.25) is 0 Å². The van der Waals surface area contributed by atoms with Gasteiger partial charge in [-0.2, -0.15) is 8.78 Å². The molecule has 26 heavy (non-hydrogen) atoms. The van der Waals surface area contributed by atoms with Crippen LogP contribution in [0.25, 0.3) is 0 Å². The Labute approximate surface area is 153 Å². The molecule has 0 aliphatic rings. The number of hydrogen-bond donors (Lipinski definition) is 2. The zero-order valence-corrected chi connectivity index (χ0v) is 16.0. The van der Waals surface area contributed by atoms with E-state index in [2.05, 4.69) is 53.0 Å². The largest absolute Gasteiger partial charge is 0.434 e. The standard InChI is InChI=1S/C18H29F3N4O/c1-12(2)25(13(3)4)10-9-23-18(22-5)24-11-14-15(19)7-6-8-16(14)26-17(20)21/h6-8,12-13,17H,9-11H2,1-5H3,(H2,22,23,24). The first-order chi connectivity index (χ1) is 12.3. The third-order valence-electron chi connectivity index (χ3n) is 3.94. The maximum Gasteiger partial charge on any atom is 0.387 e. The van der Waals surface area contributed by atoms with E-state index in [1.807, 2.05) is 0 Å². The molecule has 1 rings (SSSR count). The topological polar surface area (TPSA) is 48.9 Å². The molecule has 2 N–H and O–H groups in total. The highest BCUT2D eigenvalue weighted by Gasteiger charge is 2.15. The van der Waals surface area contributed by atoms with Gasteiger partial charge < -0.3 is 15.4 Å². The van der Waals surface area contributed by atoms with E-state index in [0.29, 0.717) is 24.6 Å². The van der Waals surface area contributed by atoms with Gasteiger partial charge in [-0.25, -0.2) is 4.39 Å². The van der Waals surface area contributed by atoms with Crippen LogP contribution in [-0.4, -0.2) is 49.7 Å². The highest BCUT2D eigenvalue weighted by atomic mass is 19.3. The fourth-order valence-corrected chi connectivity index (χ4v) is 2.73. The maximum absolute atomic E-state index is 14.0. The number of halogens is 3. The third kappa shape index (κ3) is 7.11. The summed E-state index contributed by atoms with van der Waals surface area (Å²) >= 11 is 0. The van der Waals surface area contributed by atoms with E-state index in [4.69, 9.17) is 0 Å². The smallest absolute Gasteiger partial charge is 0.387 e. The molecule has 148 valence electrons. The Morgan fingerprint density at radius 2 is 1.81 bits per heavy atom. The van der Waals surface area contributed by atoms with E-state index in [-0.39, 0.29) is 17.9 Å². The SMILES string of the molecule is CN=C(NCCN(C(C)C)C(C)C)NCc1c(F)cccc1OC(F)F. The second-order valence-corrected chi connectivity index (χ2v) is 6.37. The number of guanidine groups is 1. The minimum absolute atomic E-state index is 0.0214. The fourth-order valence-electron chi connectivity index (χ4n) is 2.73. The van der Waals surface area contributed by atoms with Crippen molar-refractivity contribution in [2.75, 3.05) is 20.1 Å². The van der Waals surface area contributed by atoms with E-state index in [9.17, 15) is 13.2 Å². The molecule has 0 saturated carbocycles. The van der Waals surface area contributed by atoms with Crippen LogP contribution in [0.3, 0.4) is 0 Å². The number of benzene rings is 1. The van der Waals surface area contributed by atoms with Crippen molar-refractivity contribution in [2.45, 2.75) is 52.9 Å². The first-order valence-corrected chi connectivity index (χ1v) is 8.68. The number of rotatable bonds is 9. The molecule has 0 spiro atoms. The number of alkyl halides is 2. The lowest BCUT2D eigenvalue weighted by atomic mass is 10.2. The summed E-state index contributed by atoms with van der Waals surface area (Å²) in [7, 11) is 1.59. The molecule has 0 amide bonds. The van der Waals surface area contributed by atoms with Crippen LogP contribution in [0, 0.1) is 5.82 Å². The van der Waals surface area contributed by atoms with Crippen molar-refractivity contribution in [2.24, 2.45) is 4.99 Å². The Balaban J connectivity index is 2.63. The average Bonchev–Trinajstić information content (AvgIpc) is 2.54. The fraction of sp³-hybridized carbons (Fsp3) is 0.611. The Morgan fingerprint density at radius 3 is 2.35 bits per heavy atom. The van der Waals surface area contributed by atoms with E-state index < -0.39 is 12.4 Å². The van der Waals surface area contributed by atoms with Gasteiger partial charge in [0.25, 0.3) is 0 Å². The van der Waals surface area contributed by atoms with Crippen LogP contribution in [0.4, 0.5) is 13.2 Å². The molecule has 0 unspecified atom stereocenters. The van der Waals surface area contributed by atoms with Gasteiger partial charge in [-0.3, -0.25) is 9.89 Å². The van der Waals surface area contributed by atoms with E-state index in [1.54, 1.807) is 7.05 Å².